The van der Waals surface area contributed by atoms with E-state index >= 15 is 0 Å². The maximum absolute atomic E-state index is 12.4. The lowest BCUT2D eigenvalue weighted by molar-refractivity contribution is -0.127. The number of pyridine rings is 1. The molecule has 1 aliphatic heterocycles. The second-order valence-corrected chi connectivity index (χ2v) is 8.22. The molecule has 4 heterocycles. The van der Waals surface area contributed by atoms with Crippen LogP contribution in [0.5, 0.6) is 0 Å². The fourth-order valence-electron chi connectivity index (χ4n) is 3.16. The van der Waals surface area contributed by atoms with Gasteiger partial charge in [0.1, 0.15) is 0 Å². The average Bonchev–Trinajstić information content (AvgIpc) is 3.25. The van der Waals surface area contributed by atoms with E-state index in [1.807, 2.05) is 34.7 Å². The van der Waals surface area contributed by atoms with Crippen molar-refractivity contribution in [2.24, 2.45) is 0 Å². The third-order valence-electron chi connectivity index (χ3n) is 4.53. The van der Waals surface area contributed by atoms with E-state index in [4.69, 9.17) is 0 Å². The summed E-state index contributed by atoms with van der Waals surface area (Å²) in [6.45, 7) is 4.17. The molecule has 5 nitrogen and oxygen atoms in total. The van der Waals surface area contributed by atoms with E-state index in [1.165, 1.54) is 5.69 Å². The van der Waals surface area contributed by atoms with Crippen molar-refractivity contribution in [1.29, 1.82) is 0 Å². The van der Waals surface area contributed by atoms with Gasteiger partial charge in [0.25, 0.3) is 0 Å². The Bertz CT molecular complexity index is 907. The smallest absolute Gasteiger partial charge is 0.246 e. The van der Waals surface area contributed by atoms with E-state index in [1.54, 1.807) is 23.6 Å². The van der Waals surface area contributed by atoms with Crippen LogP contribution < -0.4 is 0 Å². The number of aromatic amines is 1. The van der Waals surface area contributed by atoms with Gasteiger partial charge in [0.2, 0.25) is 5.91 Å². The molecule has 0 atom stereocenters. The molecule has 0 spiro atoms. The number of rotatable bonds is 4. The first-order valence-corrected chi connectivity index (χ1v) is 10.2. The van der Waals surface area contributed by atoms with Crippen LogP contribution >= 0.6 is 27.3 Å². The topological polar surface area (TPSA) is 52.2 Å². The summed E-state index contributed by atoms with van der Waals surface area (Å²) in [4.78, 5) is 25.3. The molecule has 0 radical (unpaired) electrons. The Morgan fingerprint density at radius 3 is 2.88 bits per heavy atom. The van der Waals surface area contributed by atoms with E-state index in [0.717, 1.165) is 53.0 Å². The molecule has 0 bridgehead atoms. The lowest BCUT2D eigenvalue weighted by Crippen LogP contribution is -2.47. The van der Waals surface area contributed by atoms with Gasteiger partial charge in [-0.25, -0.2) is 0 Å². The van der Waals surface area contributed by atoms with Crippen LogP contribution in [-0.4, -0.2) is 51.9 Å². The molecule has 1 aliphatic rings. The minimum atomic E-state index is 0.0888. The molecule has 1 N–H and O–H groups in total. The van der Waals surface area contributed by atoms with Gasteiger partial charge < -0.3 is 9.88 Å². The Labute approximate surface area is 164 Å². The molecule has 0 aromatic carbocycles. The van der Waals surface area contributed by atoms with Crippen LogP contribution in [0.2, 0.25) is 0 Å². The number of nitrogens with zero attached hydrogens (tertiary/aromatic N) is 3. The van der Waals surface area contributed by atoms with Crippen molar-refractivity contribution in [3.8, 4) is 0 Å². The highest BCUT2D eigenvalue weighted by Crippen LogP contribution is 2.21. The number of carbonyl (C=O) groups excluding carboxylic acids is 1. The van der Waals surface area contributed by atoms with Gasteiger partial charge in [-0.15, -0.1) is 11.3 Å². The fraction of sp³-hybridized carbons (Fsp3) is 0.263. The highest BCUT2D eigenvalue weighted by Gasteiger charge is 2.20. The SMILES string of the molecule is O=C(/C=C/c1cc(Br)cs1)N1CCN(Cc2cc3cnccc3[nH]2)CC1. The minimum Gasteiger partial charge on any atom is -0.357 e. The Kier molecular flexibility index (Phi) is 5.19. The Morgan fingerprint density at radius 2 is 2.15 bits per heavy atom. The third kappa shape index (κ3) is 4.06. The number of aromatic nitrogens is 2. The quantitative estimate of drug-likeness (QED) is 0.641. The summed E-state index contributed by atoms with van der Waals surface area (Å²) in [6, 6.07) is 6.16. The minimum absolute atomic E-state index is 0.0888. The lowest BCUT2D eigenvalue weighted by Gasteiger charge is -2.34. The van der Waals surface area contributed by atoms with E-state index in [9.17, 15) is 4.79 Å². The molecule has 0 saturated carbocycles. The van der Waals surface area contributed by atoms with Crippen LogP contribution in [-0.2, 0) is 11.3 Å². The van der Waals surface area contributed by atoms with E-state index in [0.29, 0.717) is 0 Å². The summed E-state index contributed by atoms with van der Waals surface area (Å²) in [7, 11) is 0. The molecular formula is C19H19BrN4OS. The van der Waals surface area contributed by atoms with Crippen molar-refractivity contribution in [2.45, 2.75) is 6.54 Å². The van der Waals surface area contributed by atoms with Crippen LogP contribution in [0.25, 0.3) is 17.0 Å². The first-order valence-electron chi connectivity index (χ1n) is 8.52. The number of halogens is 1. The molecule has 0 aliphatic carbocycles. The molecule has 7 heteroatoms. The van der Waals surface area contributed by atoms with Crippen LogP contribution in [0.15, 0.2) is 46.5 Å². The van der Waals surface area contributed by atoms with E-state index in [-0.39, 0.29) is 5.91 Å². The Balaban J connectivity index is 1.30. The first kappa shape index (κ1) is 17.5. The predicted octanol–water partition coefficient (Wildman–Crippen LogP) is 3.74. The van der Waals surface area contributed by atoms with Gasteiger partial charge in [-0.3, -0.25) is 14.7 Å². The number of amides is 1. The van der Waals surface area contributed by atoms with Gasteiger partial charge in [0, 0.05) is 82.5 Å². The number of carbonyl (C=O) groups is 1. The first-order chi connectivity index (χ1) is 12.7. The molecular weight excluding hydrogens is 412 g/mol. The molecule has 3 aromatic rings. The number of thiophene rings is 1. The van der Waals surface area contributed by atoms with Crippen molar-refractivity contribution in [3.63, 3.8) is 0 Å². The van der Waals surface area contributed by atoms with Crippen LogP contribution in [0.1, 0.15) is 10.6 Å². The fourth-order valence-corrected chi connectivity index (χ4v) is 4.50. The average molecular weight is 431 g/mol. The Morgan fingerprint density at radius 1 is 1.31 bits per heavy atom. The largest absolute Gasteiger partial charge is 0.357 e. The van der Waals surface area contributed by atoms with E-state index in [2.05, 4.69) is 36.9 Å². The van der Waals surface area contributed by atoms with Crippen molar-refractivity contribution < 1.29 is 4.79 Å². The van der Waals surface area contributed by atoms with Crippen LogP contribution in [0, 0.1) is 0 Å². The monoisotopic (exact) mass is 430 g/mol. The standard InChI is InChI=1S/C19H19BrN4OS/c20-15-10-17(26-13-15)1-2-19(25)24-7-5-23(6-8-24)12-16-9-14-11-21-4-3-18(14)22-16/h1-4,9-11,13,22H,5-8,12H2/b2-1+. The predicted molar refractivity (Wildman–Crippen MR) is 109 cm³/mol. The number of fused-ring (bicyclic) bond motifs is 1. The zero-order valence-corrected chi connectivity index (χ0v) is 16.6. The van der Waals surface area contributed by atoms with Crippen molar-refractivity contribution in [1.82, 2.24) is 19.8 Å². The second kappa shape index (κ2) is 7.73. The summed E-state index contributed by atoms with van der Waals surface area (Å²) in [5.74, 6) is 0.0888. The Hall–Kier alpha value is -1.96. The molecule has 26 heavy (non-hydrogen) atoms. The molecule has 4 rings (SSSR count). The third-order valence-corrected chi connectivity index (χ3v) is 6.19. The van der Waals surface area contributed by atoms with Gasteiger partial charge in [0.05, 0.1) is 0 Å². The number of piperazine rings is 1. The summed E-state index contributed by atoms with van der Waals surface area (Å²) < 4.78 is 1.05. The van der Waals surface area contributed by atoms with Crippen LogP contribution in [0.3, 0.4) is 0 Å². The van der Waals surface area contributed by atoms with Gasteiger partial charge in [-0.05, 0) is 40.2 Å². The van der Waals surface area contributed by atoms with Crippen molar-refractivity contribution in [2.75, 3.05) is 26.2 Å². The van der Waals surface area contributed by atoms with Gasteiger partial charge >= 0.3 is 0 Å². The number of hydrogen-bond donors (Lipinski definition) is 1. The number of nitrogens with one attached hydrogen (secondary N) is 1. The maximum Gasteiger partial charge on any atom is 0.246 e. The maximum atomic E-state index is 12.4. The molecule has 1 amide bonds. The second-order valence-electron chi connectivity index (χ2n) is 6.36. The van der Waals surface area contributed by atoms with Gasteiger partial charge in [-0.2, -0.15) is 0 Å². The van der Waals surface area contributed by atoms with E-state index < -0.39 is 0 Å². The number of hydrogen-bond acceptors (Lipinski definition) is 4. The van der Waals surface area contributed by atoms with Crippen molar-refractivity contribution in [3.05, 3.63) is 57.1 Å². The highest BCUT2D eigenvalue weighted by molar-refractivity contribution is 9.10. The summed E-state index contributed by atoms with van der Waals surface area (Å²) in [6.07, 6.45) is 7.25. The summed E-state index contributed by atoms with van der Waals surface area (Å²) in [5, 5.41) is 3.16. The molecule has 134 valence electrons. The lowest BCUT2D eigenvalue weighted by atomic mass is 10.2. The number of H-pyrrole nitrogens is 1. The van der Waals surface area contributed by atoms with Gasteiger partial charge in [0.15, 0.2) is 0 Å². The molecule has 0 unspecified atom stereocenters. The van der Waals surface area contributed by atoms with Crippen LogP contribution in [0.4, 0.5) is 0 Å². The highest BCUT2D eigenvalue weighted by atomic mass is 79.9. The van der Waals surface area contributed by atoms with Crippen molar-refractivity contribution >= 4 is 50.2 Å². The van der Waals surface area contributed by atoms with Gasteiger partial charge in [-0.1, -0.05) is 0 Å². The summed E-state index contributed by atoms with van der Waals surface area (Å²) in [5.41, 5.74) is 2.31. The normalized spacial score (nSPS) is 16.0. The zero-order chi connectivity index (χ0) is 17.9. The zero-order valence-electron chi connectivity index (χ0n) is 14.2. The molecule has 1 saturated heterocycles. The molecule has 3 aromatic heterocycles. The summed E-state index contributed by atoms with van der Waals surface area (Å²) >= 11 is 5.05. The molecule has 1 fully saturated rings.